The molecule has 1 aromatic carbocycles. The van der Waals surface area contributed by atoms with Crippen LogP contribution in [0.4, 0.5) is 4.79 Å². The van der Waals surface area contributed by atoms with Crippen molar-refractivity contribution >= 4 is 26.2 Å². The number of sulfonamides is 1. The van der Waals surface area contributed by atoms with Gasteiger partial charge in [0.1, 0.15) is 5.60 Å². The quantitative estimate of drug-likeness (QED) is 0.696. The molecular formula is C17H21NO7S2. The van der Waals surface area contributed by atoms with Crippen LogP contribution in [0.3, 0.4) is 0 Å². The lowest BCUT2D eigenvalue weighted by molar-refractivity contribution is 0.0443. The number of amides is 1. The summed E-state index contributed by atoms with van der Waals surface area (Å²) in [5.41, 5.74) is 0.0982. The van der Waals surface area contributed by atoms with Gasteiger partial charge in [-0.1, -0.05) is 17.7 Å². The molecule has 0 unspecified atom stereocenters. The first-order valence-electron chi connectivity index (χ1n) is 7.92. The molecule has 0 spiro atoms. The number of benzene rings is 1. The molecule has 1 aliphatic rings. The zero-order valence-corrected chi connectivity index (χ0v) is 17.0. The Balaban J connectivity index is 2.10. The minimum Gasteiger partial charge on any atom is -0.443 e. The second kappa shape index (κ2) is 7.45. The topological polar surface area (TPSA) is 107 Å². The summed E-state index contributed by atoms with van der Waals surface area (Å²) in [4.78, 5) is 11.9. The molecule has 0 saturated heterocycles. The van der Waals surface area contributed by atoms with Gasteiger partial charge in [-0.05, 0) is 51.5 Å². The molecule has 1 aliphatic heterocycles. The summed E-state index contributed by atoms with van der Waals surface area (Å²) < 4.78 is 59.2. The van der Waals surface area contributed by atoms with Crippen molar-refractivity contribution < 1.29 is 30.6 Å². The van der Waals surface area contributed by atoms with Gasteiger partial charge in [0.15, 0.2) is 0 Å². The average molecular weight is 415 g/mol. The highest BCUT2D eigenvalue weighted by molar-refractivity contribution is 7.92. The average Bonchev–Trinajstić information content (AvgIpc) is 2.51. The van der Waals surface area contributed by atoms with Crippen LogP contribution in [0.1, 0.15) is 26.3 Å². The summed E-state index contributed by atoms with van der Waals surface area (Å²) in [6.45, 7) is 6.15. The van der Waals surface area contributed by atoms with Gasteiger partial charge in [0.2, 0.25) is 0 Å². The third kappa shape index (κ3) is 5.65. The summed E-state index contributed by atoms with van der Waals surface area (Å²) in [5.74, 6) is 0. The Morgan fingerprint density at radius 2 is 1.74 bits per heavy atom. The highest BCUT2D eigenvalue weighted by Crippen LogP contribution is 2.21. The molecule has 0 radical (unpaired) electrons. The second-order valence-electron chi connectivity index (χ2n) is 6.86. The van der Waals surface area contributed by atoms with E-state index in [1.165, 1.54) is 18.2 Å². The SMILES string of the molecule is Cc1ccc(S(=O)(=O)OCC2=CS(=O)(=O)N(C(=O)OC(C)(C)C)C=C2)cc1. The van der Waals surface area contributed by atoms with Crippen LogP contribution in [0.25, 0.3) is 0 Å². The van der Waals surface area contributed by atoms with Crippen LogP contribution >= 0.6 is 0 Å². The van der Waals surface area contributed by atoms with Gasteiger partial charge in [-0.2, -0.15) is 12.7 Å². The van der Waals surface area contributed by atoms with Crippen molar-refractivity contribution in [1.82, 2.24) is 4.31 Å². The van der Waals surface area contributed by atoms with Gasteiger partial charge in [-0.15, -0.1) is 0 Å². The Kier molecular flexibility index (Phi) is 5.83. The van der Waals surface area contributed by atoms with Crippen LogP contribution in [0.2, 0.25) is 0 Å². The Labute approximate surface area is 159 Å². The number of hydrogen-bond acceptors (Lipinski definition) is 7. The summed E-state index contributed by atoms with van der Waals surface area (Å²) >= 11 is 0. The number of aryl methyl sites for hydroxylation is 1. The first-order chi connectivity index (χ1) is 12.3. The summed E-state index contributed by atoms with van der Waals surface area (Å²) in [5, 5.41) is 0.765. The first-order valence-corrected chi connectivity index (χ1v) is 10.8. The number of carbonyl (C=O) groups excluding carboxylic acids is 1. The highest BCUT2D eigenvalue weighted by atomic mass is 32.2. The Morgan fingerprint density at radius 1 is 1.15 bits per heavy atom. The zero-order valence-electron chi connectivity index (χ0n) is 15.4. The Morgan fingerprint density at radius 3 is 2.26 bits per heavy atom. The number of nitrogens with zero attached hydrogens (tertiary/aromatic N) is 1. The molecule has 2 rings (SSSR count). The van der Waals surface area contributed by atoms with Gasteiger partial charge in [0.25, 0.3) is 20.1 Å². The maximum Gasteiger partial charge on any atom is 0.428 e. The predicted octanol–water partition coefficient (Wildman–Crippen LogP) is 2.68. The smallest absolute Gasteiger partial charge is 0.428 e. The van der Waals surface area contributed by atoms with E-state index in [0.29, 0.717) is 4.31 Å². The van der Waals surface area contributed by atoms with Gasteiger partial charge >= 0.3 is 6.09 Å². The van der Waals surface area contributed by atoms with Crippen molar-refractivity contribution in [2.45, 2.75) is 38.2 Å². The normalized spacial score (nSPS) is 16.7. The molecule has 0 saturated carbocycles. The molecule has 1 heterocycles. The van der Waals surface area contributed by atoms with Crippen molar-refractivity contribution in [2.24, 2.45) is 0 Å². The minimum absolute atomic E-state index is 0.0354. The van der Waals surface area contributed by atoms with Crippen LogP contribution < -0.4 is 0 Å². The highest BCUT2D eigenvalue weighted by Gasteiger charge is 2.31. The lowest BCUT2D eigenvalue weighted by Crippen LogP contribution is -2.37. The van der Waals surface area contributed by atoms with Crippen molar-refractivity contribution in [3.05, 3.63) is 53.1 Å². The van der Waals surface area contributed by atoms with Gasteiger partial charge in [0.05, 0.1) is 16.9 Å². The van der Waals surface area contributed by atoms with Crippen LogP contribution in [0, 0.1) is 6.92 Å². The van der Waals surface area contributed by atoms with Crippen molar-refractivity contribution in [3.8, 4) is 0 Å². The predicted molar refractivity (Wildman–Crippen MR) is 98.5 cm³/mol. The maximum atomic E-state index is 12.2. The minimum atomic E-state index is -4.15. The molecule has 148 valence electrons. The van der Waals surface area contributed by atoms with E-state index in [4.69, 9.17) is 8.92 Å². The molecule has 10 heteroatoms. The van der Waals surface area contributed by atoms with Gasteiger partial charge in [-0.3, -0.25) is 4.18 Å². The van der Waals surface area contributed by atoms with E-state index >= 15 is 0 Å². The third-order valence-electron chi connectivity index (χ3n) is 3.26. The van der Waals surface area contributed by atoms with E-state index in [9.17, 15) is 21.6 Å². The summed E-state index contributed by atoms with van der Waals surface area (Å²) in [7, 11) is -8.19. The zero-order chi connectivity index (χ0) is 20.5. The molecular weight excluding hydrogens is 394 g/mol. The van der Waals surface area contributed by atoms with Crippen molar-refractivity contribution in [3.63, 3.8) is 0 Å². The van der Waals surface area contributed by atoms with Crippen molar-refractivity contribution in [2.75, 3.05) is 6.61 Å². The van der Waals surface area contributed by atoms with E-state index in [1.54, 1.807) is 32.9 Å². The van der Waals surface area contributed by atoms with Gasteiger partial charge in [0, 0.05) is 6.20 Å². The molecule has 0 N–H and O–H groups in total. The van der Waals surface area contributed by atoms with E-state index in [0.717, 1.165) is 17.2 Å². The van der Waals surface area contributed by atoms with Crippen LogP contribution in [-0.2, 0) is 29.1 Å². The van der Waals surface area contributed by atoms with E-state index < -0.39 is 38.4 Å². The fraction of sp³-hybridized carbons (Fsp3) is 0.353. The standard InChI is InChI=1S/C17H21NO7S2/c1-13-5-7-15(8-6-13)27(22,23)24-11-14-9-10-18(26(20,21)12-14)16(19)25-17(2,3)4/h5-10,12H,11H2,1-4H3. The van der Waals surface area contributed by atoms with E-state index in [-0.39, 0.29) is 10.5 Å². The number of hydrogen-bond donors (Lipinski definition) is 0. The largest absolute Gasteiger partial charge is 0.443 e. The van der Waals surface area contributed by atoms with E-state index in [1.807, 2.05) is 6.92 Å². The fourth-order valence-corrected chi connectivity index (χ4v) is 4.02. The molecule has 0 aromatic heterocycles. The molecule has 0 atom stereocenters. The fourth-order valence-electron chi connectivity index (χ4n) is 2.01. The van der Waals surface area contributed by atoms with Gasteiger partial charge in [-0.25, -0.2) is 13.2 Å². The van der Waals surface area contributed by atoms with Gasteiger partial charge < -0.3 is 4.74 Å². The number of carbonyl (C=O) groups is 1. The summed E-state index contributed by atoms with van der Waals surface area (Å²) in [6.07, 6.45) is 1.22. The second-order valence-corrected chi connectivity index (χ2v) is 10.1. The third-order valence-corrected chi connectivity index (χ3v) is 5.96. The number of rotatable bonds is 4. The molecule has 8 nitrogen and oxygen atoms in total. The van der Waals surface area contributed by atoms with Crippen LogP contribution in [0.5, 0.6) is 0 Å². The molecule has 0 fully saturated rings. The van der Waals surface area contributed by atoms with Crippen molar-refractivity contribution in [1.29, 1.82) is 0 Å². The Bertz CT molecular complexity index is 983. The molecule has 0 bridgehead atoms. The number of ether oxygens (including phenoxy) is 1. The molecule has 27 heavy (non-hydrogen) atoms. The first kappa shape index (κ1) is 21.1. The lowest BCUT2D eigenvalue weighted by Gasteiger charge is -2.25. The van der Waals surface area contributed by atoms with Crippen LogP contribution in [0.15, 0.2) is 52.4 Å². The monoisotopic (exact) mass is 415 g/mol. The molecule has 1 amide bonds. The lowest BCUT2D eigenvalue weighted by atomic mass is 10.2. The molecule has 1 aromatic rings. The van der Waals surface area contributed by atoms with Crippen LogP contribution in [-0.4, -0.2) is 39.4 Å². The molecule has 0 aliphatic carbocycles. The summed E-state index contributed by atoms with van der Waals surface area (Å²) in [6, 6.07) is 6.05. The van der Waals surface area contributed by atoms with E-state index in [2.05, 4.69) is 0 Å². The Hall–Kier alpha value is -2.17. The maximum absolute atomic E-state index is 12.2.